The fourth-order valence-electron chi connectivity index (χ4n) is 12.0. The Kier molecular flexibility index (Phi) is 26.0. The lowest BCUT2D eigenvalue weighted by Gasteiger charge is -2.41. The molecule has 5 aromatic rings. The number of allylic oxidation sites excluding steroid dienone is 1. The predicted octanol–water partition coefficient (Wildman–Crippen LogP) is 0.509. The van der Waals surface area contributed by atoms with E-state index >= 15 is 14.4 Å². The normalized spacial score (nSPS) is 26.1. The molecule has 0 radical (unpaired) electrons. The summed E-state index contributed by atoms with van der Waals surface area (Å²) in [4.78, 5) is 203. The van der Waals surface area contributed by atoms with Gasteiger partial charge in [0.15, 0.2) is 0 Å². The Balaban J connectivity index is 1.18. The maximum atomic E-state index is 15.4. The van der Waals surface area contributed by atoms with Crippen molar-refractivity contribution >= 4 is 145 Å². The first kappa shape index (κ1) is 84.6. The van der Waals surface area contributed by atoms with E-state index in [1.807, 2.05) is 0 Å². The summed E-state index contributed by atoms with van der Waals surface area (Å²) in [6.07, 6.45) is -3.71. The zero-order valence-electron chi connectivity index (χ0n) is 61.9. The Morgan fingerprint density at radius 2 is 1.42 bits per heavy atom. The molecule has 4 aliphatic heterocycles. The van der Waals surface area contributed by atoms with Crippen LogP contribution in [-0.2, 0) is 48.6 Å². The number of aromatic nitrogens is 5. The van der Waals surface area contributed by atoms with E-state index in [4.69, 9.17) is 25.4 Å². The highest BCUT2D eigenvalue weighted by Crippen LogP contribution is 2.48. The number of nitrogens with one attached hydrogen (secondary N) is 11. The monoisotopic (exact) mass is 1650 g/mol. The van der Waals surface area contributed by atoms with E-state index < -0.39 is 201 Å². The van der Waals surface area contributed by atoms with E-state index in [0.29, 0.717) is 0 Å². The van der Waals surface area contributed by atoms with Gasteiger partial charge < -0.3 is 89.2 Å². The van der Waals surface area contributed by atoms with Gasteiger partial charge in [0.05, 0.1) is 76.0 Å². The molecule has 0 unspecified atom stereocenters. The van der Waals surface area contributed by atoms with Crippen LogP contribution in [0.2, 0.25) is 0 Å². The minimum absolute atomic E-state index is 0.0184. The average Bonchev–Trinajstić information content (AvgIpc) is 1.66. The second-order valence-corrected chi connectivity index (χ2v) is 31.9. The fraction of sp³-hybridized carbons (Fsp3) is 0.394. The maximum absolute atomic E-state index is 15.4. The third-order valence-electron chi connectivity index (χ3n) is 18.7. The molecule has 0 spiro atoms. The molecule has 0 saturated heterocycles. The van der Waals surface area contributed by atoms with Crippen molar-refractivity contribution in [3.8, 4) is 0 Å². The summed E-state index contributed by atoms with van der Waals surface area (Å²) in [5, 5.41) is 91.5. The molecular weight excluding hydrogens is 1570 g/mol. The van der Waals surface area contributed by atoms with Crippen molar-refractivity contribution < 1.29 is 87.8 Å². The first-order valence-corrected chi connectivity index (χ1v) is 39.3. The number of rotatable bonds is 11. The topological polar surface area (TPSA) is 563 Å². The van der Waals surface area contributed by atoms with Crippen LogP contribution >= 0.6 is 57.1 Å². The second-order valence-electron chi connectivity index (χ2n) is 27.4. The standard InChI is InChI=1S/C71H81N19O18S5/c1-14-37-64-83-44(22-109-64)61(103)89-52(70(13,107)34(12)93)67-85-43(23-112-67)59(101)88-48-33(11)108-68(106)40-19-36(31(9)91)35-15-16-38(50(94)49(35)79-40)78-46(25(2)3)62(104)77-29(7)56(98)74-27(5)55(97)75-30(8)57(99)90-71(69-86-45(24-113-69)60(102)87-47(32(10)92)63(105)81-37)18-17-39(80-51(71)41-20-111-66(48)82-41)65-84-42(21-110-65)58(100)76-28(6)54(96)73-26(4)53(72)95/h14-16,19-21,23-25,30-34,38,44,46-48,50-52,78,91-94,107H,4-7,17-18,22H2,1-3,8-13H3,(H2,72,95)(H,73,96)(H,74,98)(H,75,97)(H,76,100)(H,77,104)(H,81,105)(H,87,102)(H,88,101)(H,89,103)(H,90,99)/t30-,31+,32-,33+,34-,38-,44-,46+,47+,48+,50+,51+,52+,70-,71-/m0/s1. The second kappa shape index (κ2) is 34.7. The van der Waals surface area contributed by atoms with Gasteiger partial charge in [-0.05, 0) is 78.9 Å². The number of amides is 11. The Morgan fingerprint density at radius 1 is 0.743 bits per heavy atom. The number of thioether (sulfide) groups is 1. The van der Waals surface area contributed by atoms with Crippen molar-refractivity contribution in [2.24, 2.45) is 21.6 Å². The molecule has 42 heteroatoms. The smallest absolute Gasteiger partial charge is 0.357 e. The molecule has 0 saturated carbocycles. The van der Waals surface area contributed by atoms with Gasteiger partial charge in [0, 0.05) is 32.8 Å². The number of hydrogen-bond donors (Lipinski definition) is 17. The van der Waals surface area contributed by atoms with Crippen LogP contribution in [0.3, 0.4) is 0 Å². The van der Waals surface area contributed by atoms with Crippen LogP contribution in [-0.4, -0.2) is 192 Å². The molecular formula is C71H81N19O18S5. The Labute approximate surface area is 664 Å². The minimum atomic E-state index is -2.21. The number of carbonyl (C=O) groups is 12. The number of primary amides is 1. The van der Waals surface area contributed by atoms with Crippen LogP contribution in [0.15, 0.2) is 105 Å². The number of pyridine rings is 1. The third kappa shape index (κ3) is 18.5. The van der Waals surface area contributed by atoms with E-state index in [0.717, 1.165) is 57.1 Å². The van der Waals surface area contributed by atoms with Crippen molar-refractivity contribution in [2.45, 2.75) is 165 Å². The number of nitrogens with two attached hydrogens (primary N) is 1. The van der Waals surface area contributed by atoms with E-state index in [1.54, 1.807) is 20.8 Å². The maximum Gasteiger partial charge on any atom is 0.357 e. The van der Waals surface area contributed by atoms with Crippen molar-refractivity contribution in [3.63, 3.8) is 0 Å². The summed E-state index contributed by atoms with van der Waals surface area (Å²) in [7, 11) is 0. The Morgan fingerprint density at radius 3 is 2.09 bits per heavy atom. The molecule has 0 aromatic carbocycles. The fourth-order valence-corrected chi connectivity index (χ4v) is 16.9. The van der Waals surface area contributed by atoms with Crippen molar-refractivity contribution in [2.75, 3.05) is 5.75 Å². The average molecular weight is 1650 g/mol. The number of hydrogen-bond acceptors (Lipinski definition) is 31. The van der Waals surface area contributed by atoms with Crippen LogP contribution in [0.4, 0.5) is 0 Å². The highest BCUT2D eigenvalue weighted by molar-refractivity contribution is 8.14. The molecule has 9 heterocycles. The largest absolute Gasteiger partial charge is 0.455 e. The molecule has 113 heavy (non-hydrogen) atoms. The van der Waals surface area contributed by atoms with Crippen LogP contribution in [0, 0.1) is 5.92 Å². The highest BCUT2D eigenvalue weighted by Gasteiger charge is 2.51. The quantitative estimate of drug-likeness (QED) is 0.0633. The number of esters is 1. The van der Waals surface area contributed by atoms with Gasteiger partial charge in [0.25, 0.3) is 41.4 Å². The van der Waals surface area contributed by atoms with Crippen LogP contribution in [0.5, 0.6) is 0 Å². The molecule has 5 aromatic heterocycles. The van der Waals surface area contributed by atoms with Gasteiger partial charge in [-0.1, -0.05) is 58.4 Å². The Bertz CT molecular complexity index is 4920. The third-order valence-corrected chi connectivity index (χ3v) is 23.6. The van der Waals surface area contributed by atoms with Crippen LogP contribution in [0.25, 0.3) is 6.08 Å². The summed E-state index contributed by atoms with van der Waals surface area (Å²) in [6.45, 7) is 26.9. The number of cyclic esters (lactones) is 1. The molecule has 11 amide bonds. The van der Waals surface area contributed by atoms with Crippen molar-refractivity contribution in [1.82, 2.24) is 83.4 Å². The van der Waals surface area contributed by atoms with E-state index in [2.05, 4.69) is 105 Å². The summed E-state index contributed by atoms with van der Waals surface area (Å²) in [5.41, 5.74) is -2.56. The molecule has 0 fully saturated rings. The van der Waals surface area contributed by atoms with Gasteiger partial charge in [0.2, 0.25) is 23.6 Å². The van der Waals surface area contributed by atoms with Crippen molar-refractivity contribution in [3.05, 3.63) is 160 Å². The van der Waals surface area contributed by atoms with Crippen molar-refractivity contribution in [1.29, 1.82) is 0 Å². The van der Waals surface area contributed by atoms with Crippen LogP contribution in [0.1, 0.15) is 190 Å². The summed E-state index contributed by atoms with van der Waals surface area (Å²) < 4.78 is 6.24. The van der Waals surface area contributed by atoms with Gasteiger partial charge >= 0.3 is 5.97 Å². The zero-order chi connectivity index (χ0) is 82.7. The first-order valence-electron chi connectivity index (χ1n) is 34.8. The lowest BCUT2D eigenvalue weighted by Crippen LogP contribution is -2.57. The number of aliphatic hydroxyl groups excluding tert-OH is 4. The first-order chi connectivity index (χ1) is 53.2. The predicted molar refractivity (Wildman–Crippen MR) is 413 cm³/mol. The lowest BCUT2D eigenvalue weighted by molar-refractivity contribution is -0.129. The van der Waals surface area contributed by atoms with E-state index in [9.17, 15) is 68.7 Å². The van der Waals surface area contributed by atoms with Gasteiger partial charge in [-0.2, -0.15) is 0 Å². The SMILES string of the molecule is C=C(NC(=O)C(=C)NC(=O)c1csc(C2=N[C@@H]3c4csc(n4)[C@@H]4NC(=O)c5csc(n5)[C@H]([C@@](C)(O)[C@H](C)O)NC(=O)[C@@H]5CSC(=N5)C(=CC)NC(=O)[C@@H]([C@H](C)O)NC(=O)c5csc(n5)[C@@]3(CC2)NC(=O)[C@H](C)NC(=O)C(=C)NC(=O)C(=C)NC(=O)[C@@H](C(C)C)N[C@H]2C=Cc3c([C@@H](C)O)cc(nc3[C@@H]2O)C(=O)O[C@@H]4C)n1)C(N)=O. The van der Waals surface area contributed by atoms with Gasteiger partial charge in [0.1, 0.15) is 107 Å². The number of thiazole rings is 4. The number of aliphatic imine (C=N–C) groups is 2. The molecule has 598 valence electrons. The van der Waals surface area contributed by atoms with Gasteiger partial charge in [-0.15, -0.1) is 57.1 Å². The minimum Gasteiger partial charge on any atom is -0.455 e. The molecule has 5 aliphatic rings. The molecule has 1 aliphatic carbocycles. The van der Waals surface area contributed by atoms with Gasteiger partial charge in [-0.3, -0.25) is 68.0 Å². The molecule has 37 nitrogen and oxygen atoms in total. The number of aliphatic hydroxyl groups is 5. The van der Waals surface area contributed by atoms with E-state index in [-0.39, 0.29) is 89.0 Å². The van der Waals surface area contributed by atoms with Crippen LogP contribution < -0.4 is 64.2 Å². The summed E-state index contributed by atoms with van der Waals surface area (Å²) >= 11 is 4.39. The summed E-state index contributed by atoms with van der Waals surface area (Å²) in [5.74, 6) is -12.7. The number of nitrogens with zero attached hydrogens (tertiary/aromatic N) is 7. The zero-order valence-corrected chi connectivity index (χ0v) is 66.0. The molecule has 10 rings (SSSR count). The van der Waals surface area contributed by atoms with E-state index in [1.165, 1.54) is 87.4 Å². The molecule has 13 bridgehead atoms. The highest BCUT2D eigenvalue weighted by atomic mass is 32.2. The number of fused-ring (bicyclic) bond motifs is 7. The summed E-state index contributed by atoms with van der Waals surface area (Å²) in [6, 6.07) is -10.4. The van der Waals surface area contributed by atoms with Gasteiger partial charge in [-0.25, -0.2) is 29.7 Å². The molecule has 18 N–H and O–H groups in total. The molecule has 15 atom stereocenters. The lowest BCUT2D eigenvalue weighted by atomic mass is 9.80. The number of ether oxygens (including phenoxy) is 1. The Hall–Kier alpha value is -10.8. The number of carbonyl (C=O) groups excluding carboxylic acids is 12.